The molecule has 0 spiro atoms. The van der Waals surface area contributed by atoms with Gasteiger partial charge in [0.2, 0.25) is 0 Å². The normalized spacial score (nSPS) is 32.4. The molecule has 0 bridgehead atoms. The largest absolute Gasteiger partial charge is 0.413 e. The van der Waals surface area contributed by atoms with Crippen LogP contribution in [0.25, 0.3) is 0 Å². The van der Waals surface area contributed by atoms with Crippen molar-refractivity contribution in [3.8, 4) is 0 Å². The summed E-state index contributed by atoms with van der Waals surface area (Å²) in [6.45, 7) is 16.2. The molecule has 2 nitrogen and oxygen atoms in total. The number of rotatable bonds is 7. The lowest BCUT2D eigenvalue weighted by molar-refractivity contribution is -0.137. The molecular weight excluding hydrogens is 324 g/mol. The first kappa shape index (κ1) is 21.2. The Morgan fingerprint density at radius 2 is 1.92 bits per heavy atom. The standard InChI is InChI=1S/C22H42O2Si/c1-17(11-9-15-21(2,3)24-25(5,6)7)18-12-8-13-19-20(23)14-10-16-22(18,19)4/h17-19H,8-16H2,1-7H3/t17?,18-,19+,22-/m1/s1. The summed E-state index contributed by atoms with van der Waals surface area (Å²) in [7, 11) is -1.48. The molecule has 2 aliphatic carbocycles. The van der Waals surface area contributed by atoms with Crippen molar-refractivity contribution in [3.63, 3.8) is 0 Å². The van der Waals surface area contributed by atoms with E-state index in [1.54, 1.807) is 0 Å². The van der Waals surface area contributed by atoms with Crippen LogP contribution in [0.4, 0.5) is 0 Å². The lowest BCUT2D eigenvalue weighted by atomic mass is 9.52. The van der Waals surface area contributed by atoms with Crippen molar-refractivity contribution in [3.05, 3.63) is 0 Å². The minimum Gasteiger partial charge on any atom is -0.413 e. The van der Waals surface area contributed by atoms with Gasteiger partial charge in [0.1, 0.15) is 5.78 Å². The molecule has 0 aromatic heterocycles. The van der Waals surface area contributed by atoms with E-state index in [1.165, 1.54) is 32.1 Å². The number of carbonyl (C=O) groups is 1. The summed E-state index contributed by atoms with van der Waals surface area (Å²) in [5.74, 6) is 2.38. The highest BCUT2D eigenvalue weighted by molar-refractivity contribution is 6.69. The number of fused-ring (bicyclic) bond motifs is 1. The lowest BCUT2D eigenvalue weighted by Gasteiger charge is -2.52. The summed E-state index contributed by atoms with van der Waals surface area (Å²) in [6.07, 6.45) is 10.6. The van der Waals surface area contributed by atoms with Crippen molar-refractivity contribution < 1.29 is 9.22 Å². The van der Waals surface area contributed by atoms with Crippen molar-refractivity contribution in [2.75, 3.05) is 0 Å². The van der Waals surface area contributed by atoms with Gasteiger partial charge in [-0.2, -0.15) is 0 Å². The van der Waals surface area contributed by atoms with Gasteiger partial charge in [0, 0.05) is 12.3 Å². The molecule has 2 fully saturated rings. The summed E-state index contributed by atoms with van der Waals surface area (Å²) >= 11 is 0. The maximum atomic E-state index is 12.5. The van der Waals surface area contributed by atoms with Gasteiger partial charge in [-0.05, 0) is 82.8 Å². The van der Waals surface area contributed by atoms with Gasteiger partial charge in [-0.1, -0.05) is 33.1 Å². The SMILES string of the molecule is CC(CCCC(C)(C)O[Si](C)(C)C)[C@H]1CCC[C@H]2C(=O)CCC[C@]12C. The molecule has 1 unspecified atom stereocenters. The number of hydrogen-bond acceptors (Lipinski definition) is 2. The molecule has 0 N–H and O–H groups in total. The zero-order valence-electron chi connectivity index (χ0n) is 17.9. The van der Waals surface area contributed by atoms with Crippen LogP contribution < -0.4 is 0 Å². The van der Waals surface area contributed by atoms with E-state index in [0.717, 1.165) is 37.5 Å². The van der Waals surface area contributed by atoms with Crippen molar-refractivity contribution >= 4 is 14.1 Å². The van der Waals surface area contributed by atoms with Gasteiger partial charge in [0.15, 0.2) is 8.32 Å². The van der Waals surface area contributed by atoms with Crippen LogP contribution in [0.15, 0.2) is 0 Å². The first-order valence-corrected chi connectivity index (χ1v) is 14.1. The molecule has 0 heterocycles. The first-order valence-electron chi connectivity index (χ1n) is 10.7. The molecule has 2 saturated carbocycles. The number of hydrogen-bond donors (Lipinski definition) is 0. The van der Waals surface area contributed by atoms with Gasteiger partial charge in [-0.3, -0.25) is 4.79 Å². The van der Waals surface area contributed by atoms with E-state index >= 15 is 0 Å². The van der Waals surface area contributed by atoms with Crippen LogP contribution in [0.2, 0.25) is 19.6 Å². The van der Waals surface area contributed by atoms with E-state index < -0.39 is 8.32 Å². The van der Waals surface area contributed by atoms with Gasteiger partial charge in [-0.15, -0.1) is 0 Å². The van der Waals surface area contributed by atoms with Crippen molar-refractivity contribution in [2.24, 2.45) is 23.2 Å². The average molecular weight is 367 g/mol. The fraction of sp³-hybridized carbons (Fsp3) is 0.955. The zero-order chi connectivity index (χ0) is 18.9. The van der Waals surface area contributed by atoms with Gasteiger partial charge < -0.3 is 4.43 Å². The predicted octanol–water partition coefficient (Wildman–Crippen LogP) is 6.60. The van der Waals surface area contributed by atoms with Crippen LogP contribution in [0, 0.1) is 23.2 Å². The van der Waals surface area contributed by atoms with E-state index in [-0.39, 0.29) is 11.0 Å². The molecule has 25 heavy (non-hydrogen) atoms. The molecule has 0 radical (unpaired) electrons. The molecule has 146 valence electrons. The van der Waals surface area contributed by atoms with Crippen LogP contribution in [0.5, 0.6) is 0 Å². The van der Waals surface area contributed by atoms with Crippen molar-refractivity contribution in [2.45, 2.75) is 111 Å². The summed E-state index contributed by atoms with van der Waals surface area (Å²) in [6, 6.07) is 0. The second-order valence-electron chi connectivity index (χ2n) is 10.8. The Labute approximate surface area is 157 Å². The molecule has 0 aromatic rings. The quantitative estimate of drug-likeness (QED) is 0.474. The van der Waals surface area contributed by atoms with Gasteiger partial charge in [-0.25, -0.2) is 0 Å². The summed E-state index contributed by atoms with van der Waals surface area (Å²) in [5, 5.41) is 0. The molecule has 0 saturated heterocycles. The maximum absolute atomic E-state index is 12.5. The highest BCUT2D eigenvalue weighted by Gasteiger charge is 2.49. The summed E-state index contributed by atoms with van der Waals surface area (Å²) < 4.78 is 6.37. The minimum atomic E-state index is -1.48. The number of carbonyl (C=O) groups excluding carboxylic acids is 1. The van der Waals surface area contributed by atoms with Crippen molar-refractivity contribution in [1.82, 2.24) is 0 Å². The molecule has 3 heteroatoms. The van der Waals surface area contributed by atoms with Gasteiger partial charge in [0.05, 0.1) is 5.60 Å². The zero-order valence-corrected chi connectivity index (χ0v) is 18.9. The highest BCUT2D eigenvalue weighted by Crippen LogP contribution is 2.55. The minimum absolute atomic E-state index is 0.00397. The number of ketones is 1. The molecule has 0 aliphatic heterocycles. The van der Waals surface area contributed by atoms with E-state index in [9.17, 15) is 4.79 Å². The molecular formula is C22H42O2Si. The van der Waals surface area contributed by atoms with E-state index in [0.29, 0.717) is 11.7 Å². The van der Waals surface area contributed by atoms with E-state index in [1.807, 2.05) is 0 Å². The Hall–Kier alpha value is -0.153. The Morgan fingerprint density at radius 3 is 2.56 bits per heavy atom. The third kappa shape index (κ3) is 5.41. The third-order valence-electron chi connectivity index (χ3n) is 6.89. The number of Topliss-reactive ketones (excluding diaryl/α,β-unsaturated/α-hetero) is 1. The van der Waals surface area contributed by atoms with Crippen LogP contribution in [0.3, 0.4) is 0 Å². The van der Waals surface area contributed by atoms with Crippen LogP contribution in [-0.4, -0.2) is 19.7 Å². The Kier molecular flexibility index (Phi) is 6.63. The fourth-order valence-corrected chi connectivity index (χ4v) is 7.79. The first-order chi connectivity index (χ1) is 11.4. The molecule has 0 aromatic carbocycles. The summed E-state index contributed by atoms with van der Waals surface area (Å²) in [5.41, 5.74) is 0.279. The Morgan fingerprint density at radius 1 is 1.24 bits per heavy atom. The smallest absolute Gasteiger partial charge is 0.184 e. The van der Waals surface area contributed by atoms with Crippen LogP contribution in [-0.2, 0) is 9.22 Å². The maximum Gasteiger partial charge on any atom is 0.184 e. The monoisotopic (exact) mass is 366 g/mol. The Bertz CT molecular complexity index is 465. The van der Waals surface area contributed by atoms with Crippen LogP contribution >= 0.6 is 0 Å². The molecule has 2 rings (SSSR count). The lowest BCUT2D eigenvalue weighted by Crippen LogP contribution is -2.47. The van der Waals surface area contributed by atoms with Gasteiger partial charge >= 0.3 is 0 Å². The average Bonchev–Trinajstić information content (AvgIpc) is 2.43. The third-order valence-corrected chi connectivity index (χ3v) is 8.05. The van der Waals surface area contributed by atoms with Crippen molar-refractivity contribution in [1.29, 1.82) is 0 Å². The molecule has 0 amide bonds. The summed E-state index contributed by atoms with van der Waals surface area (Å²) in [4.78, 5) is 12.5. The second-order valence-corrected chi connectivity index (χ2v) is 15.2. The molecule has 2 aliphatic rings. The molecule has 4 atom stereocenters. The van der Waals surface area contributed by atoms with Crippen LogP contribution in [0.1, 0.15) is 85.5 Å². The highest BCUT2D eigenvalue weighted by atomic mass is 28.4. The second kappa shape index (κ2) is 7.84. The predicted molar refractivity (Wildman–Crippen MR) is 109 cm³/mol. The van der Waals surface area contributed by atoms with E-state index in [2.05, 4.69) is 47.3 Å². The fourth-order valence-electron chi connectivity index (χ4n) is 6.03. The Balaban J connectivity index is 1.91. The van der Waals surface area contributed by atoms with E-state index in [4.69, 9.17) is 4.43 Å². The topological polar surface area (TPSA) is 26.3 Å². The van der Waals surface area contributed by atoms with Gasteiger partial charge in [0.25, 0.3) is 0 Å².